The molecule has 6 heteroatoms. The molecular weight excluding hydrogens is 354 g/mol. The molecule has 2 rings (SSSR count). The number of rotatable bonds is 3. The largest absolute Gasteiger partial charge is 0.392 e. The summed E-state index contributed by atoms with van der Waals surface area (Å²) in [5.74, 6) is 0.829. The van der Waals surface area contributed by atoms with Crippen LogP contribution < -0.4 is 0 Å². The summed E-state index contributed by atoms with van der Waals surface area (Å²) in [5, 5.41) is 10.6. The van der Waals surface area contributed by atoms with Crippen molar-refractivity contribution in [1.82, 2.24) is 0 Å². The van der Waals surface area contributed by atoms with Crippen molar-refractivity contribution in [1.29, 1.82) is 0 Å². The zero-order chi connectivity index (χ0) is 14.0. The molecule has 0 bridgehead atoms. The Balaban J connectivity index is 2.14. The van der Waals surface area contributed by atoms with E-state index in [1.165, 1.54) is 12.1 Å². The fourth-order valence-electron chi connectivity index (χ4n) is 2.15. The van der Waals surface area contributed by atoms with Gasteiger partial charge in [0.25, 0.3) is 0 Å². The van der Waals surface area contributed by atoms with Crippen molar-refractivity contribution in [3.63, 3.8) is 0 Å². The normalized spacial score (nSPS) is 25.3. The van der Waals surface area contributed by atoms with Gasteiger partial charge in [-0.25, -0.2) is 8.78 Å². The predicted molar refractivity (Wildman–Crippen MR) is 81.9 cm³/mol. The lowest BCUT2D eigenvalue weighted by atomic mass is 10.0. The van der Waals surface area contributed by atoms with Crippen molar-refractivity contribution >= 4 is 39.5 Å². The first kappa shape index (κ1) is 15.6. The Morgan fingerprint density at radius 3 is 2.74 bits per heavy atom. The van der Waals surface area contributed by atoms with Crippen LogP contribution in [0.4, 0.5) is 8.78 Å². The highest BCUT2D eigenvalue weighted by Crippen LogP contribution is 2.34. The molecule has 1 aromatic carbocycles. The number of aliphatic hydroxyl groups is 1. The fraction of sp³-hybridized carbons (Fsp3) is 0.538. The molecule has 106 valence electrons. The highest BCUT2D eigenvalue weighted by atomic mass is 79.9. The topological polar surface area (TPSA) is 20.2 Å². The minimum absolute atomic E-state index is 0.0136. The Bertz CT molecular complexity index is 459. The van der Waals surface area contributed by atoms with Crippen LogP contribution in [0.2, 0.25) is 0 Å². The van der Waals surface area contributed by atoms with Crippen LogP contribution in [0.1, 0.15) is 12.5 Å². The number of aliphatic hydroxyl groups excluding tert-OH is 1. The summed E-state index contributed by atoms with van der Waals surface area (Å²) in [6, 6.07) is 2.57. The standard InChI is InChI=1S/C13H15BrF2OS2/c1-7-13(19-5-4-18-7)11(17)6-8-10(15)3-2-9(14)12(8)16/h2-3,7,11,13,17H,4-6H2,1H3. The second-order valence-electron chi connectivity index (χ2n) is 4.50. The highest BCUT2D eigenvalue weighted by molar-refractivity contribution is 9.10. The zero-order valence-corrected chi connectivity index (χ0v) is 13.6. The Hall–Kier alpha value is 0.220. The minimum atomic E-state index is -0.730. The maximum atomic E-state index is 13.9. The molecule has 1 saturated heterocycles. The van der Waals surface area contributed by atoms with Crippen molar-refractivity contribution in [3.8, 4) is 0 Å². The van der Waals surface area contributed by atoms with E-state index in [0.717, 1.165) is 11.5 Å². The molecule has 0 radical (unpaired) electrons. The van der Waals surface area contributed by atoms with Gasteiger partial charge in [0.1, 0.15) is 11.6 Å². The van der Waals surface area contributed by atoms with Gasteiger partial charge in [-0.2, -0.15) is 23.5 Å². The summed E-state index contributed by atoms with van der Waals surface area (Å²) in [4.78, 5) is 0. The third-order valence-electron chi connectivity index (χ3n) is 3.17. The number of halogens is 3. The van der Waals surface area contributed by atoms with E-state index in [0.29, 0.717) is 5.25 Å². The average molecular weight is 369 g/mol. The maximum Gasteiger partial charge on any atom is 0.143 e. The van der Waals surface area contributed by atoms with Crippen LogP contribution in [0.5, 0.6) is 0 Å². The van der Waals surface area contributed by atoms with Crippen molar-refractivity contribution in [2.75, 3.05) is 11.5 Å². The SMILES string of the molecule is CC1SCCSC1C(O)Cc1c(F)ccc(Br)c1F. The number of hydrogen-bond donors (Lipinski definition) is 1. The third kappa shape index (κ3) is 3.65. The Morgan fingerprint density at radius 2 is 2.05 bits per heavy atom. The number of benzene rings is 1. The first-order chi connectivity index (χ1) is 9.00. The molecule has 1 aromatic rings. The van der Waals surface area contributed by atoms with Crippen molar-refractivity contribution in [2.24, 2.45) is 0 Å². The van der Waals surface area contributed by atoms with Gasteiger partial charge in [0.05, 0.1) is 10.6 Å². The lowest BCUT2D eigenvalue weighted by molar-refractivity contribution is 0.168. The van der Waals surface area contributed by atoms with E-state index in [2.05, 4.69) is 22.9 Å². The van der Waals surface area contributed by atoms with Crippen molar-refractivity contribution in [3.05, 3.63) is 33.8 Å². The first-order valence-corrected chi connectivity index (χ1v) is 8.93. The summed E-state index contributed by atoms with van der Waals surface area (Å²) in [5.41, 5.74) is -0.0368. The molecule has 1 N–H and O–H groups in total. The summed E-state index contributed by atoms with van der Waals surface area (Å²) in [6.07, 6.45) is -0.717. The number of hydrogen-bond acceptors (Lipinski definition) is 3. The van der Waals surface area contributed by atoms with Gasteiger partial charge in [0.15, 0.2) is 0 Å². The van der Waals surface area contributed by atoms with Crippen LogP contribution in [0, 0.1) is 11.6 Å². The van der Waals surface area contributed by atoms with Crippen LogP contribution in [0.15, 0.2) is 16.6 Å². The van der Waals surface area contributed by atoms with Gasteiger partial charge < -0.3 is 5.11 Å². The van der Waals surface area contributed by atoms with Crippen LogP contribution in [0.25, 0.3) is 0 Å². The summed E-state index contributed by atoms with van der Waals surface area (Å²) >= 11 is 6.53. The van der Waals surface area contributed by atoms with E-state index in [1.54, 1.807) is 23.5 Å². The van der Waals surface area contributed by atoms with Crippen molar-refractivity contribution < 1.29 is 13.9 Å². The van der Waals surface area contributed by atoms with Gasteiger partial charge >= 0.3 is 0 Å². The van der Waals surface area contributed by atoms with Gasteiger partial charge in [-0.1, -0.05) is 6.92 Å². The van der Waals surface area contributed by atoms with E-state index in [4.69, 9.17) is 0 Å². The second kappa shape index (κ2) is 6.78. The Morgan fingerprint density at radius 1 is 1.37 bits per heavy atom. The zero-order valence-electron chi connectivity index (χ0n) is 10.4. The van der Waals surface area contributed by atoms with Gasteiger partial charge in [0, 0.05) is 34.0 Å². The van der Waals surface area contributed by atoms with Crippen LogP contribution >= 0.6 is 39.5 Å². The van der Waals surface area contributed by atoms with Crippen LogP contribution in [-0.4, -0.2) is 33.2 Å². The molecule has 3 unspecified atom stereocenters. The molecule has 1 heterocycles. The molecule has 0 spiro atoms. The Kier molecular flexibility index (Phi) is 5.57. The van der Waals surface area contributed by atoms with Crippen LogP contribution in [-0.2, 0) is 6.42 Å². The predicted octanol–water partition coefficient (Wildman–Crippen LogP) is 3.87. The maximum absolute atomic E-state index is 13.9. The lowest BCUT2D eigenvalue weighted by Gasteiger charge is -2.31. The third-order valence-corrected chi connectivity index (χ3v) is 7.02. The average Bonchev–Trinajstić information content (AvgIpc) is 2.39. The smallest absolute Gasteiger partial charge is 0.143 e. The molecule has 19 heavy (non-hydrogen) atoms. The molecule has 0 aliphatic carbocycles. The first-order valence-electron chi connectivity index (χ1n) is 6.04. The van der Waals surface area contributed by atoms with Gasteiger partial charge in [-0.05, 0) is 28.1 Å². The molecule has 1 fully saturated rings. The monoisotopic (exact) mass is 368 g/mol. The molecular formula is C13H15BrF2OS2. The van der Waals surface area contributed by atoms with E-state index in [-0.39, 0.29) is 21.7 Å². The van der Waals surface area contributed by atoms with Crippen molar-refractivity contribution in [2.45, 2.75) is 29.9 Å². The van der Waals surface area contributed by atoms with Gasteiger partial charge in [-0.3, -0.25) is 0 Å². The molecule has 1 aliphatic rings. The van der Waals surface area contributed by atoms with Gasteiger partial charge in [0.2, 0.25) is 0 Å². The highest BCUT2D eigenvalue weighted by Gasteiger charge is 2.30. The molecule has 0 amide bonds. The quantitative estimate of drug-likeness (QED) is 0.817. The summed E-state index contributed by atoms with van der Waals surface area (Å²) in [6.45, 7) is 2.05. The second-order valence-corrected chi connectivity index (χ2v) is 8.13. The molecule has 0 aromatic heterocycles. The van der Waals surface area contributed by atoms with Gasteiger partial charge in [-0.15, -0.1) is 0 Å². The number of thioether (sulfide) groups is 2. The van der Waals surface area contributed by atoms with Crippen LogP contribution in [0.3, 0.4) is 0 Å². The molecule has 1 nitrogen and oxygen atoms in total. The summed E-state index contributed by atoms with van der Waals surface area (Å²) in [7, 11) is 0. The van der Waals surface area contributed by atoms with E-state index >= 15 is 0 Å². The molecule has 1 aliphatic heterocycles. The molecule has 3 atom stereocenters. The molecule has 0 saturated carbocycles. The van der Waals surface area contributed by atoms with E-state index in [9.17, 15) is 13.9 Å². The lowest BCUT2D eigenvalue weighted by Crippen LogP contribution is -2.36. The summed E-state index contributed by atoms with van der Waals surface area (Å²) < 4.78 is 27.8. The fourth-order valence-corrected chi connectivity index (χ4v) is 5.37. The van der Waals surface area contributed by atoms with E-state index in [1.807, 2.05) is 0 Å². The Labute approximate surface area is 128 Å². The van der Waals surface area contributed by atoms with E-state index < -0.39 is 17.7 Å². The minimum Gasteiger partial charge on any atom is -0.392 e.